The predicted molar refractivity (Wildman–Crippen MR) is 146 cm³/mol. The summed E-state index contributed by atoms with van der Waals surface area (Å²) in [5.41, 5.74) is -0.242. The van der Waals surface area contributed by atoms with E-state index in [1.54, 1.807) is 54.8 Å². The number of aromatic nitrogens is 2. The Hall–Kier alpha value is -3.69. The first-order chi connectivity index (χ1) is 18.5. The van der Waals surface area contributed by atoms with Crippen molar-refractivity contribution in [3.05, 3.63) is 95.2 Å². The summed E-state index contributed by atoms with van der Waals surface area (Å²) in [5, 5.41) is 13.5. The van der Waals surface area contributed by atoms with Crippen LogP contribution in [0, 0.1) is 0 Å². The third kappa shape index (κ3) is 7.46. The van der Waals surface area contributed by atoms with Crippen molar-refractivity contribution >= 4 is 34.9 Å². The summed E-state index contributed by atoms with van der Waals surface area (Å²) in [6.45, 7) is 4.00. The molecule has 1 aromatic carbocycles. The molecule has 6 nitrogen and oxygen atoms in total. The second kappa shape index (κ2) is 12.9. The van der Waals surface area contributed by atoms with E-state index in [1.165, 1.54) is 17.9 Å². The molecule has 0 radical (unpaired) electrons. The molecule has 0 fully saturated rings. The van der Waals surface area contributed by atoms with Crippen LogP contribution in [0.1, 0.15) is 13.8 Å². The number of rotatable bonds is 6. The highest BCUT2D eigenvalue weighted by Crippen LogP contribution is 2.37. The maximum Gasteiger partial charge on any atom is 0.416 e. The normalized spacial score (nSPS) is 18.9. The van der Waals surface area contributed by atoms with Gasteiger partial charge in [0.2, 0.25) is 5.88 Å². The number of aliphatic carboxylic acids is 1. The fourth-order valence-electron chi connectivity index (χ4n) is 3.58. The fourth-order valence-corrected chi connectivity index (χ4v) is 4.11. The van der Waals surface area contributed by atoms with Gasteiger partial charge in [0, 0.05) is 11.2 Å². The lowest BCUT2D eigenvalue weighted by atomic mass is 10.1. The van der Waals surface area contributed by atoms with Crippen molar-refractivity contribution < 1.29 is 32.5 Å². The Morgan fingerprint density at radius 1 is 1.13 bits per heavy atom. The number of carboxylic acids is 1. The molecule has 4 rings (SSSR count). The Morgan fingerprint density at radius 2 is 1.82 bits per heavy atom. The van der Waals surface area contributed by atoms with Crippen molar-refractivity contribution in [2.24, 2.45) is 0 Å². The standard InChI is InChI=1S/C26H19Cl2F3N2O4.C2H6/c1-36-20-9-5-15(6-10-20)21-14-33(19-8-7-17(27)12-18(28)13-19)32-24(21)37-23-4-2-3-16(25(34)35)11-22(23)26(29,30)31;1-2/h2-14,17,23H,1H3,(H,34,35);1-2H3. The number of hydrogen-bond acceptors (Lipinski definition) is 4. The number of ether oxygens (including phenoxy) is 2. The van der Waals surface area contributed by atoms with E-state index in [9.17, 15) is 23.1 Å². The lowest BCUT2D eigenvalue weighted by Gasteiger charge is -2.20. The molecular formula is C28H25Cl2F3N2O4. The first-order valence-electron chi connectivity index (χ1n) is 11.8. The maximum absolute atomic E-state index is 13.9. The number of methoxy groups -OCH3 is 1. The van der Waals surface area contributed by atoms with Gasteiger partial charge in [-0.1, -0.05) is 49.7 Å². The molecule has 2 atom stereocenters. The summed E-state index contributed by atoms with van der Waals surface area (Å²) in [7, 11) is 1.51. The molecule has 0 saturated carbocycles. The fraction of sp³-hybridized carbons (Fsp3) is 0.214. The second-order valence-corrected chi connectivity index (χ2v) is 8.83. The third-order valence-corrected chi connectivity index (χ3v) is 5.90. The average Bonchev–Trinajstić information content (AvgIpc) is 3.06. The van der Waals surface area contributed by atoms with Gasteiger partial charge >= 0.3 is 12.1 Å². The summed E-state index contributed by atoms with van der Waals surface area (Å²) in [5.74, 6) is -1.03. The predicted octanol–water partition coefficient (Wildman–Crippen LogP) is 7.54. The molecule has 2 aliphatic carbocycles. The van der Waals surface area contributed by atoms with Crippen molar-refractivity contribution in [2.75, 3.05) is 7.11 Å². The van der Waals surface area contributed by atoms with Crippen molar-refractivity contribution in [1.82, 2.24) is 9.78 Å². The molecule has 11 heteroatoms. The van der Waals surface area contributed by atoms with E-state index in [0.717, 1.165) is 12.2 Å². The molecule has 1 heterocycles. The van der Waals surface area contributed by atoms with Crippen LogP contribution in [0.3, 0.4) is 0 Å². The number of halogens is 5. The average molecular weight is 581 g/mol. The van der Waals surface area contributed by atoms with Crippen LogP contribution in [0.15, 0.2) is 95.2 Å². The zero-order valence-corrected chi connectivity index (χ0v) is 22.6. The molecule has 1 aromatic heterocycles. The Labute approximate surface area is 233 Å². The van der Waals surface area contributed by atoms with Gasteiger partial charge in [-0.3, -0.25) is 0 Å². The van der Waals surface area contributed by atoms with E-state index in [0.29, 0.717) is 33.7 Å². The molecular weight excluding hydrogens is 556 g/mol. The Kier molecular flexibility index (Phi) is 9.88. The topological polar surface area (TPSA) is 73.6 Å². The Balaban J connectivity index is 0.00000205. The first kappa shape index (κ1) is 29.9. The summed E-state index contributed by atoms with van der Waals surface area (Å²) >= 11 is 12.4. The highest BCUT2D eigenvalue weighted by atomic mass is 35.5. The van der Waals surface area contributed by atoms with Crippen molar-refractivity contribution in [2.45, 2.75) is 31.5 Å². The molecule has 1 N–H and O–H groups in total. The van der Waals surface area contributed by atoms with Crippen molar-refractivity contribution in [1.29, 1.82) is 0 Å². The Morgan fingerprint density at radius 3 is 2.44 bits per heavy atom. The molecule has 0 saturated heterocycles. The number of carboxylic acid groups (broad SMARTS) is 1. The van der Waals surface area contributed by atoms with E-state index < -0.39 is 34.8 Å². The highest BCUT2D eigenvalue weighted by Gasteiger charge is 2.40. The first-order valence-corrected chi connectivity index (χ1v) is 12.6. The second-order valence-electron chi connectivity index (χ2n) is 7.89. The minimum Gasteiger partial charge on any atom is -0.497 e. The van der Waals surface area contributed by atoms with Gasteiger partial charge in [0.25, 0.3) is 0 Å². The summed E-state index contributed by atoms with van der Waals surface area (Å²) in [6, 6.07) is 6.79. The summed E-state index contributed by atoms with van der Waals surface area (Å²) in [6.07, 6.45) is 5.57. The lowest BCUT2D eigenvalue weighted by molar-refractivity contribution is -0.132. The van der Waals surface area contributed by atoms with Crippen LogP contribution < -0.4 is 9.47 Å². The van der Waals surface area contributed by atoms with Crippen molar-refractivity contribution in [3.63, 3.8) is 0 Å². The number of benzene rings is 1. The molecule has 206 valence electrons. The lowest BCUT2D eigenvalue weighted by Crippen LogP contribution is -2.28. The third-order valence-electron chi connectivity index (χ3n) is 5.39. The number of carbonyl (C=O) groups is 1. The number of nitrogens with zero attached hydrogens (tertiary/aromatic N) is 2. The monoisotopic (exact) mass is 580 g/mol. The van der Waals surface area contributed by atoms with Gasteiger partial charge in [0.15, 0.2) is 0 Å². The molecule has 0 bridgehead atoms. The largest absolute Gasteiger partial charge is 0.497 e. The smallest absolute Gasteiger partial charge is 0.416 e. The molecule has 0 aliphatic heterocycles. The van der Waals surface area contributed by atoms with E-state index in [2.05, 4.69) is 5.10 Å². The quantitative estimate of drug-likeness (QED) is 0.357. The van der Waals surface area contributed by atoms with E-state index in [-0.39, 0.29) is 5.88 Å². The summed E-state index contributed by atoms with van der Waals surface area (Å²) in [4.78, 5) is 11.4. The van der Waals surface area contributed by atoms with Crippen LogP contribution in [-0.4, -0.2) is 45.6 Å². The molecule has 39 heavy (non-hydrogen) atoms. The molecule has 0 amide bonds. The number of allylic oxidation sites excluding steroid dienone is 8. The van der Waals surface area contributed by atoms with Crippen LogP contribution in [0.4, 0.5) is 13.2 Å². The SMILES string of the molecule is CC.COc1ccc(-c2cn(C3=CC(Cl)=CC(Cl)C=C3)nc2OC2C=CC=C(C(=O)O)C=C2C(F)(F)F)cc1. The van der Waals surface area contributed by atoms with E-state index in [4.69, 9.17) is 32.7 Å². The van der Waals surface area contributed by atoms with E-state index in [1.807, 2.05) is 13.8 Å². The van der Waals surface area contributed by atoms with Gasteiger partial charge in [0.1, 0.15) is 11.9 Å². The van der Waals surface area contributed by atoms with Crippen LogP contribution in [0.5, 0.6) is 11.6 Å². The zero-order valence-electron chi connectivity index (χ0n) is 21.1. The van der Waals surface area contributed by atoms with Gasteiger partial charge in [-0.25, -0.2) is 9.48 Å². The number of hydrogen-bond donors (Lipinski definition) is 1. The van der Waals surface area contributed by atoms with Gasteiger partial charge in [-0.15, -0.1) is 16.7 Å². The van der Waals surface area contributed by atoms with Gasteiger partial charge in [-0.05, 0) is 54.2 Å². The maximum atomic E-state index is 13.9. The molecule has 2 aromatic rings. The van der Waals surface area contributed by atoms with E-state index >= 15 is 0 Å². The Bertz CT molecular complexity index is 1380. The molecule has 2 unspecified atom stereocenters. The zero-order chi connectivity index (χ0) is 28.7. The minimum absolute atomic E-state index is 0.116. The number of alkyl halides is 4. The van der Waals surface area contributed by atoms with Crippen molar-refractivity contribution in [3.8, 4) is 22.8 Å². The minimum atomic E-state index is -4.86. The summed E-state index contributed by atoms with van der Waals surface area (Å²) < 4.78 is 54.2. The molecule has 2 aliphatic rings. The van der Waals surface area contributed by atoms with Crippen LogP contribution in [0.25, 0.3) is 16.8 Å². The van der Waals surface area contributed by atoms with Crippen LogP contribution >= 0.6 is 23.2 Å². The van der Waals surface area contributed by atoms with Crippen LogP contribution in [-0.2, 0) is 4.79 Å². The highest BCUT2D eigenvalue weighted by molar-refractivity contribution is 6.33. The van der Waals surface area contributed by atoms with Gasteiger partial charge in [-0.2, -0.15) is 13.2 Å². The van der Waals surface area contributed by atoms with Crippen LogP contribution in [0.2, 0.25) is 0 Å². The van der Waals surface area contributed by atoms with Gasteiger partial charge < -0.3 is 14.6 Å². The van der Waals surface area contributed by atoms with Gasteiger partial charge in [0.05, 0.1) is 34.9 Å². The molecule has 0 spiro atoms.